The molecule has 0 atom stereocenters. The molecular formula is C11H17ClN4. The lowest BCUT2D eigenvalue weighted by Crippen LogP contribution is -2.34. The van der Waals surface area contributed by atoms with E-state index in [0.29, 0.717) is 0 Å². The molecule has 1 saturated heterocycles. The lowest BCUT2D eigenvalue weighted by atomic mass is 9.92. The Hall–Kier alpha value is -0.900. The van der Waals surface area contributed by atoms with Crippen LogP contribution < -0.4 is 4.90 Å². The molecule has 2 rings (SSSR count). The van der Waals surface area contributed by atoms with Crippen molar-refractivity contribution in [1.82, 2.24) is 15.2 Å². The van der Waals surface area contributed by atoms with Crippen LogP contribution in [0.25, 0.3) is 0 Å². The molecule has 0 amide bonds. The molecule has 0 unspecified atom stereocenters. The molecular weight excluding hydrogens is 224 g/mol. The molecule has 1 aromatic rings. The zero-order valence-electron chi connectivity index (χ0n) is 9.56. The van der Waals surface area contributed by atoms with Crippen LogP contribution in [-0.4, -0.2) is 28.3 Å². The molecule has 0 spiro atoms. The van der Waals surface area contributed by atoms with Crippen molar-refractivity contribution in [3.63, 3.8) is 0 Å². The summed E-state index contributed by atoms with van der Waals surface area (Å²) in [5, 5.41) is 7.72. The fraction of sp³-hybridized carbons (Fsp3) is 0.727. The summed E-state index contributed by atoms with van der Waals surface area (Å²) in [5.74, 6) is 1.74. The van der Waals surface area contributed by atoms with Crippen molar-refractivity contribution in [1.29, 1.82) is 0 Å². The van der Waals surface area contributed by atoms with Gasteiger partial charge in [0, 0.05) is 13.1 Å². The van der Waals surface area contributed by atoms with Gasteiger partial charge in [0.05, 0.1) is 6.20 Å². The average molecular weight is 241 g/mol. The first-order valence-electron chi connectivity index (χ1n) is 5.89. The summed E-state index contributed by atoms with van der Waals surface area (Å²) < 4.78 is 0. The van der Waals surface area contributed by atoms with E-state index in [4.69, 9.17) is 11.6 Å². The van der Waals surface area contributed by atoms with E-state index >= 15 is 0 Å². The molecule has 0 bridgehead atoms. The zero-order chi connectivity index (χ0) is 11.4. The first kappa shape index (κ1) is 11.6. The van der Waals surface area contributed by atoms with Crippen molar-refractivity contribution >= 4 is 17.4 Å². The fourth-order valence-electron chi connectivity index (χ4n) is 2.29. The minimum atomic E-state index is 0.230. The predicted octanol–water partition coefficient (Wildman–Crippen LogP) is 2.54. The van der Waals surface area contributed by atoms with Gasteiger partial charge in [-0.05, 0) is 30.4 Å². The molecule has 1 aliphatic rings. The third-order valence-electron chi connectivity index (χ3n) is 3.16. The number of rotatable bonds is 3. The number of aromatic nitrogens is 3. The molecule has 0 radical (unpaired) electrons. The van der Waals surface area contributed by atoms with Crippen LogP contribution in [0.3, 0.4) is 0 Å². The molecule has 0 saturated carbocycles. The Morgan fingerprint density at radius 3 is 2.81 bits per heavy atom. The molecule has 0 aliphatic carbocycles. The van der Waals surface area contributed by atoms with Gasteiger partial charge in [0.1, 0.15) is 0 Å². The average Bonchev–Trinajstić information content (AvgIpc) is 2.30. The third kappa shape index (κ3) is 2.82. The third-order valence-corrected chi connectivity index (χ3v) is 3.32. The second kappa shape index (κ2) is 5.43. The quantitative estimate of drug-likeness (QED) is 0.814. The van der Waals surface area contributed by atoms with Crippen LogP contribution in [0, 0.1) is 5.92 Å². The summed E-state index contributed by atoms with van der Waals surface area (Å²) in [7, 11) is 0. The maximum absolute atomic E-state index is 5.73. The number of piperidine rings is 1. The maximum Gasteiger partial charge on any atom is 0.244 e. The molecule has 16 heavy (non-hydrogen) atoms. The van der Waals surface area contributed by atoms with Crippen LogP contribution in [0.5, 0.6) is 0 Å². The molecule has 1 aliphatic heterocycles. The van der Waals surface area contributed by atoms with Gasteiger partial charge in [-0.3, -0.25) is 0 Å². The summed E-state index contributed by atoms with van der Waals surface area (Å²) in [6.07, 6.45) is 6.80. The van der Waals surface area contributed by atoms with Crippen LogP contribution >= 0.6 is 11.6 Å². The summed E-state index contributed by atoms with van der Waals surface area (Å²) in [6, 6.07) is 0. The van der Waals surface area contributed by atoms with Crippen molar-refractivity contribution in [3.05, 3.63) is 11.5 Å². The number of hydrogen-bond donors (Lipinski definition) is 0. The standard InChI is InChI=1S/C11H17ClN4/c1-2-3-9-4-6-16(7-5-9)10-8-13-15-11(12)14-10/h8-9H,2-7H2,1H3. The summed E-state index contributed by atoms with van der Waals surface area (Å²) >= 11 is 5.73. The smallest absolute Gasteiger partial charge is 0.244 e. The number of nitrogens with zero attached hydrogens (tertiary/aromatic N) is 4. The van der Waals surface area contributed by atoms with Gasteiger partial charge in [-0.1, -0.05) is 19.8 Å². The van der Waals surface area contributed by atoms with Gasteiger partial charge in [-0.15, -0.1) is 5.10 Å². The van der Waals surface area contributed by atoms with Crippen molar-refractivity contribution in [2.24, 2.45) is 5.92 Å². The molecule has 5 heteroatoms. The minimum absolute atomic E-state index is 0.230. The summed E-state index contributed by atoms with van der Waals surface area (Å²) in [5.41, 5.74) is 0. The lowest BCUT2D eigenvalue weighted by molar-refractivity contribution is 0.377. The highest BCUT2D eigenvalue weighted by molar-refractivity contribution is 6.28. The van der Waals surface area contributed by atoms with Crippen molar-refractivity contribution in [2.45, 2.75) is 32.6 Å². The topological polar surface area (TPSA) is 41.9 Å². The van der Waals surface area contributed by atoms with Crippen molar-refractivity contribution < 1.29 is 0 Å². The molecule has 0 N–H and O–H groups in total. The molecule has 2 heterocycles. The number of halogens is 1. The van der Waals surface area contributed by atoms with Crippen LogP contribution in [0.2, 0.25) is 5.28 Å². The SMILES string of the molecule is CCCC1CCN(c2cnnc(Cl)n2)CC1. The Balaban J connectivity index is 1.94. The summed E-state index contributed by atoms with van der Waals surface area (Å²) in [6.45, 7) is 4.36. The predicted molar refractivity (Wildman–Crippen MR) is 64.7 cm³/mol. The first-order valence-corrected chi connectivity index (χ1v) is 6.27. The highest BCUT2D eigenvalue weighted by Crippen LogP contribution is 2.24. The van der Waals surface area contributed by atoms with Crippen molar-refractivity contribution in [3.8, 4) is 0 Å². The van der Waals surface area contributed by atoms with Gasteiger partial charge in [0.2, 0.25) is 5.28 Å². The van der Waals surface area contributed by atoms with E-state index in [9.17, 15) is 0 Å². The van der Waals surface area contributed by atoms with Crippen LogP contribution in [0.1, 0.15) is 32.6 Å². The van der Waals surface area contributed by atoms with E-state index in [1.165, 1.54) is 25.7 Å². The van der Waals surface area contributed by atoms with Gasteiger partial charge in [-0.2, -0.15) is 10.1 Å². The molecule has 1 aromatic heterocycles. The minimum Gasteiger partial charge on any atom is -0.355 e. The second-order valence-electron chi connectivity index (χ2n) is 4.30. The Morgan fingerprint density at radius 2 is 2.19 bits per heavy atom. The van der Waals surface area contributed by atoms with Crippen LogP contribution in [0.15, 0.2) is 6.20 Å². The maximum atomic E-state index is 5.73. The molecule has 1 fully saturated rings. The molecule has 0 aromatic carbocycles. The normalized spacial score (nSPS) is 17.8. The van der Waals surface area contributed by atoms with Crippen LogP contribution in [0.4, 0.5) is 5.82 Å². The Kier molecular flexibility index (Phi) is 3.93. The highest BCUT2D eigenvalue weighted by atomic mass is 35.5. The first-order chi connectivity index (χ1) is 7.79. The van der Waals surface area contributed by atoms with E-state index < -0.39 is 0 Å². The van der Waals surface area contributed by atoms with E-state index in [0.717, 1.165) is 24.8 Å². The number of hydrogen-bond acceptors (Lipinski definition) is 4. The summed E-state index contributed by atoms with van der Waals surface area (Å²) in [4.78, 5) is 6.43. The number of anilines is 1. The highest BCUT2D eigenvalue weighted by Gasteiger charge is 2.19. The van der Waals surface area contributed by atoms with Gasteiger partial charge in [0.25, 0.3) is 0 Å². The van der Waals surface area contributed by atoms with Gasteiger partial charge in [-0.25, -0.2) is 0 Å². The Morgan fingerprint density at radius 1 is 1.44 bits per heavy atom. The van der Waals surface area contributed by atoms with E-state index in [1.54, 1.807) is 6.20 Å². The lowest BCUT2D eigenvalue weighted by Gasteiger charge is -2.32. The van der Waals surface area contributed by atoms with Gasteiger partial charge < -0.3 is 4.90 Å². The zero-order valence-corrected chi connectivity index (χ0v) is 10.3. The fourth-order valence-corrected chi connectivity index (χ4v) is 2.42. The monoisotopic (exact) mass is 240 g/mol. The second-order valence-corrected chi connectivity index (χ2v) is 4.64. The molecule has 4 nitrogen and oxygen atoms in total. The van der Waals surface area contributed by atoms with E-state index in [2.05, 4.69) is 27.0 Å². The van der Waals surface area contributed by atoms with Gasteiger partial charge >= 0.3 is 0 Å². The van der Waals surface area contributed by atoms with E-state index in [-0.39, 0.29) is 5.28 Å². The van der Waals surface area contributed by atoms with E-state index in [1.807, 2.05) is 0 Å². The Labute approximate surface area is 101 Å². The largest absolute Gasteiger partial charge is 0.355 e. The van der Waals surface area contributed by atoms with Crippen molar-refractivity contribution in [2.75, 3.05) is 18.0 Å². The van der Waals surface area contributed by atoms with Gasteiger partial charge in [0.15, 0.2) is 5.82 Å². The van der Waals surface area contributed by atoms with Crippen LogP contribution in [-0.2, 0) is 0 Å². The molecule has 88 valence electrons. The Bertz CT molecular complexity index is 337.